The Labute approximate surface area is 344 Å². The number of fused-ring (bicyclic) bond motifs is 5. The quantitative estimate of drug-likeness (QED) is 0.148. The van der Waals surface area contributed by atoms with Crippen LogP contribution in [0.1, 0.15) is 75.2 Å². The van der Waals surface area contributed by atoms with Crippen molar-refractivity contribution in [1.82, 2.24) is 5.06 Å². The van der Waals surface area contributed by atoms with Crippen molar-refractivity contribution in [3.05, 3.63) is 165 Å². The van der Waals surface area contributed by atoms with E-state index in [2.05, 4.69) is 66.7 Å². The van der Waals surface area contributed by atoms with Crippen LogP contribution in [0.2, 0.25) is 0 Å². The Kier molecular flexibility index (Phi) is 12.0. The second kappa shape index (κ2) is 17.6. The summed E-state index contributed by atoms with van der Waals surface area (Å²) in [6.07, 6.45) is 13.6. The van der Waals surface area contributed by atoms with Crippen LogP contribution in [-0.2, 0) is 50.0 Å². The first kappa shape index (κ1) is 39.4. The van der Waals surface area contributed by atoms with Crippen LogP contribution in [0, 0.1) is 0 Å². The normalized spacial score (nSPS) is 18.7. The first-order chi connectivity index (χ1) is 28.2. The molecule has 0 saturated carbocycles. The summed E-state index contributed by atoms with van der Waals surface area (Å²) in [5.41, 5.74) is 17.8. The Morgan fingerprint density at radius 3 is 2.34 bits per heavy atom. The molecule has 296 valence electrons. The highest BCUT2D eigenvalue weighted by Gasteiger charge is 2.26. The molecule has 1 fully saturated rings. The zero-order valence-corrected chi connectivity index (χ0v) is 33.9. The van der Waals surface area contributed by atoms with Crippen molar-refractivity contribution in [2.24, 2.45) is 5.73 Å². The lowest BCUT2D eigenvalue weighted by Crippen LogP contribution is -2.37. The van der Waals surface area contributed by atoms with Crippen LogP contribution in [0.5, 0.6) is 0 Å². The molecular formula is C48H46N2O6S2. The summed E-state index contributed by atoms with van der Waals surface area (Å²) in [5.74, 6) is -0.767. The number of rotatable bonds is 9. The number of hydrogen-bond acceptors (Lipinski definition) is 7. The van der Waals surface area contributed by atoms with E-state index in [0.29, 0.717) is 18.7 Å². The third-order valence-corrected chi connectivity index (χ3v) is 14.0. The topological polar surface area (TPSA) is 116 Å². The average Bonchev–Trinajstić information content (AvgIpc) is 3.75. The highest BCUT2D eigenvalue weighted by molar-refractivity contribution is 7.95. The van der Waals surface area contributed by atoms with Crippen LogP contribution in [-0.4, -0.2) is 43.4 Å². The van der Waals surface area contributed by atoms with Gasteiger partial charge in [-0.05, 0) is 113 Å². The summed E-state index contributed by atoms with van der Waals surface area (Å²) in [7, 11) is -3.29. The number of sulfone groups is 1. The lowest BCUT2D eigenvalue weighted by atomic mass is 9.78. The van der Waals surface area contributed by atoms with Gasteiger partial charge < -0.3 is 10.5 Å². The summed E-state index contributed by atoms with van der Waals surface area (Å²) >= 11 is 1.83. The molecule has 3 heterocycles. The number of allylic oxidation sites excluding steroid dienone is 3. The lowest BCUT2D eigenvalue weighted by molar-refractivity contribution is -0.270. The van der Waals surface area contributed by atoms with Gasteiger partial charge >= 0.3 is 0 Å². The molecule has 1 aromatic heterocycles. The molecule has 2 amide bonds. The van der Waals surface area contributed by atoms with Crippen LogP contribution >= 0.6 is 11.3 Å². The van der Waals surface area contributed by atoms with Crippen LogP contribution in [0.15, 0.2) is 127 Å². The molecule has 1 saturated heterocycles. The van der Waals surface area contributed by atoms with E-state index >= 15 is 0 Å². The van der Waals surface area contributed by atoms with Crippen LogP contribution in [0.25, 0.3) is 33.2 Å². The van der Waals surface area contributed by atoms with Gasteiger partial charge in [0.25, 0.3) is 5.91 Å². The molecule has 2 aliphatic carbocycles. The number of aryl methyl sites for hydroxylation is 1. The number of thiophene rings is 1. The van der Waals surface area contributed by atoms with E-state index in [1.165, 1.54) is 60.4 Å². The van der Waals surface area contributed by atoms with Crippen molar-refractivity contribution in [2.75, 3.05) is 6.61 Å². The Bertz CT molecular complexity index is 2500. The number of hydroxylamine groups is 2. The Morgan fingerprint density at radius 1 is 0.793 bits per heavy atom. The summed E-state index contributed by atoms with van der Waals surface area (Å²) < 4.78 is 28.1. The lowest BCUT2D eigenvalue weighted by Gasteiger charge is -2.29. The molecular weight excluding hydrogens is 765 g/mol. The number of carbonyl (C=O) groups is 2. The monoisotopic (exact) mass is 810 g/mol. The zero-order chi connectivity index (χ0) is 40.1. The fourth-order valence-corrected chi connectivity index (χ4v) is 10.3. The van der Waals surface area contributed by atoms with Gasteiger partial charge in [0, 0.05) is 40.2 Å². The van der Waals surface area contributed by atoms with Gasteiger partial charge in [0.2, 0.25) is 5.91 Å². The first-order valence-corrected chi connectivity index (χ1v) is 22.3. The first-order valence-electron chi connectivity index (χ1n) is 19.9. The third-order valence-electron chi connectivity index (χ3n) is 11.0. The highest BCUT2D eigenvalue weighted by atomic mass is 32.2. The van der Waals surface area contributed by atoms with Crippen molar-refractivity contribution in [3.63, 3.8) is 0 Å². The predicted molar refractivity (Wildman–Crippen MR) is 231 cm³/mol. The summed E-state index contributed by atoms with van der Waals surface area (Å²) in [5, 5.41) is 1.77. The van der Waals surface area contributed by atoms with E-state index in [1.807, 2.05) is 53.8 Å². The number of carbonyl (C=O) groups excluding carboxylic acids is 2. The molecule has 2 aliphatic heterocycles. The molecule has 5 aromatic rings. The molecule has 2 atom stereocenters. The molecule has 0 bridgehead atoms. The van der Waals surface area contributed by atoms with E-state index in [-0.39, 0.29) is 12.3 Å². The van der Waals surface area contributed by atoms with Crippen molar-refractivity contribution >= 4 is 44.6 Å². The minimum absolute atomic E-state index is 0.150. The van der Waals surface area contributed by atoms with Crippen LogP contribution in [0.3, 0.4) is 0 Å². The number of nitrogens with two attached hydrogens (primary N) is 1. The van der Waals surface area contributed by atoms with Gasteiger partial charge in [-0.2, -0.15) is 0 Å². The fraction of sp³-hybridized carbons (Fsp3) is 0.250. The van der Waals surface area contributed by atoms with E-state index in [9.17, 15) is 18.0 Å². The third kappa shape index (κ3) is 9.01. The van der Waals surface area contributed by atoms with Gasteiger partial charge in [-0.3, -0.25) is 9.59 Å². The summed E-state index contributed by atoms with van der Waals surface area (Å²) in [4.78, 5) is 32.8. The maximum absolute atomic E-state index is 13.7. The van der Waals surface area contributed by atoms with Gasteiger partial charge in [0.15, 0.2) is 16.1 Å². The van der Waals surface area contributed by atoms with Gasteiger partial charge in [-0.15, -0.1) is 11.3 Å². The smallest absolute Gasteiger partial charge is 0.277 e. The highest BCUT2D eigenvalue weighted by Crippen LogP contribution is 2.42. The standard InChI is InChI=1S/C41H37NO3S.C7H9NO3S/c43-41(42(27-28-8-2-1-3-9-28)45-40-12-6-7-25-44-40)31-15-13-30(14-16-31)38-23-24-39(46-38)33-19-20-35-32(26-33)18-22-36-34-11-5-4-10-29(34)17-21-37(35)36;8-7(9)5-6-3-1-2-4-12(6,10)11/h1-5,8-11,13-16,18,22-24,26,40H,6-7,12,17,19-21,25,27H2;1-4,6H,5H2,(H2,8,9). The molecule has 2 unspecified atom stereocenters. The molecule has 4 aromatic carbocycles. The second-order valence-corrected chi connectivity index (χ2v) is 18.1. The maximum atomic E-state index is 13.7. The molecule has 8 nitrogen and oxygen atoms in total. The van der Waals surface area contributed by atoms with Crippen LogP contribution < -0.4 is 5.73 Å². The van der Waals surface area contributed by atoms with Crippen LogP contribution in [0.4, 0.5) is 0 Å². The van der Waals surface area contributed by atoms with Gasteiger partial charge in [0.05, 0.1) is 11.8 Å². The Hall–Kier alpha value is -5.39. The van der Waals surface area contributed by atoms with E-state index < -0.39 is 27.3 Å². The minimum Gasteiger partial charge on any atom is -0.370 e. The zero-order valence-electron chi connectivity index (χ0n) is 32.2. The molecule has 10 heteroatoms. The second-order valence-electron chi connectivity index (χ2n) is 15.0. The molecule has 0 spiro atoms. The van der Waals surface area contributed by atoms with Crippen molar-refractivity contribution in [3.8, 4) is 21.6 Å². The number of amides is 2. The SMILES string of the molecule is NC(=O)CC1C=CC=CS1(=O)=O.O=C(c1ccc(-c2ccc(C3=Cc4ccc5c(c4CC3)CCc3ccccc3-5)s2)cc1)N(Cc1ccccc1)OC1CCCCO1. The molecule has 4 aliphatic rings. The maximum Gasteiger partial charge on any atom is 0.277 e. The number of ether oxygens (including phenoxy) is 1. The van der Waals surface area contributed by atoms with Crippen molar-refractivity contribution < 1.29 is 27.6 Å². The average molecular weight is 811 g/mol. The predicted octanol–water partition coefficient (Wildman–Crippen LogP) is 9.50. The largest absolute Gasteiger partial charge is 0.370 e. The van der Waals surface area contributed by atoms with E-state index in [4.69, 9.17) is 15.3 Å². The van der Waals surface area contributed by atoms with E-state index in [0.717, 1.165) is 61.5 Å². The molecule has 2 N–H and O–H groups in total. The fourth-order valence-electron chi connectivity index (χ4n) is 8.02. The number of hydrogen-bond donors (Lipinski definition) is 1. The van der Waals surface area contributed by atoms with Gasteiger partial charge in [-0.1, -0.05) is 103 Å². The van der Waals surface area contributed by atoms with Crippen molar-refractivity contribution in [1.29, 1.82) is 0 Å². The Morgan fingerprint density at radius 2 is 1.57 bits per heavy atom. The van der Waals surface area contributed by atoms with Crippen molar-refractivity contribution in [2.45, 2.75) is 69.5 Å². The molecule has 58 heavy (non-hydrogen) atoms. The minimum atomic E-state index is -3.29. The summed E-state index contributed by atoms with van der Waals surface area (Å²) in [6, 6.07) is 35.9. The number of benzene rings is 4. The van der Waals surface area contributed by atoms with E-state index in [1.54, 1.807) is 11.6 Å². The number of primary amides is 1. The molecule has 0 radical (unpaired) electrons. The Balaban J connectivity index is 0.000000338. The number of nitrogens with zero attached hydrogens (tertiary/aromatic N) is 1. The van der Waals surface area contributed by atoms with Gasteiger partial charge in [0.1, 0.15) is 0 Å². The van der Waals surface area contributed by atoms with Gasteiger partial charge in [-0.25, -0.2) is 18.3 Å². The summed E-state index contributed by atoms with van der Waals surface area (Å²) in [6.45, 7) is 1.03. The molecule has 9 rings (SSSR count).